The fourth-order valence-electron chi connectivity index (χ4n) is 2.94. The first-order valence-electron chi connectivity index (χ1n) is 8.86. The third-order valence-electron chi connectivity index (χ3n) is 4.35. The van der Waals surface area contributed by atoms with Crippen LogP contribution in [0.2, 0.25) is 0 Å². The van der Waals surface area contributed by atoms with Gasteiger partial charge >= 0.3 is 0 Å². The Bertz CT molecular complexity index is 1140. The summed E-state index contributed by atoms with van der Waals surface area (Å²) in [7, 11) is -4.03. The van der Waals surface area contributed by atoms with Crippen molar-refractivity contribution in [2.75, 3.05) is 5.32 Å². The molecule has 1 aromatic heterocycles. The van der Waals surface area contributed by atoms with Gasteiger partial charge in [0.15, 0.2) is 0 Å². The van der Waals surface area contributed by atoms with E-state index in [4.69, 9.17) is 5.14 Å². The molecule has 0 fully saturated rings. The van der Waals surface area contributed by atoms with E-state index in [0.29, 0.717) is 0 Å². The van der Waals surface area contributed by atoms with Gasteiger partial charge in [0.05, 0.1) is 21.2 Å². The van der Waals surface area contributed by atoms with Crippen molar-refractivity contribution in [2.45, 2.75) is 31.2 Å². The highest BCUT2D eigenvalue weighted by Crippen LogP contribution is 2.28. The van der Waals surface area contributed by atoms with E-state index in [1.54, 1.807) is 4.68 Å². The highest BCUT2D eigenvalue weighted by molar-refractivity contribution is 7.89. The van der Waals surface area contributed by atoms with Gasteiger partial charge < -0.3 is 5.32 Å². The second-order valence-corrected chi connectivity index (χ2v) is 8.37. The van der Waals surface area contributed by atoms with Crippen molar-refractivity contribution in [3.63, 3.8) is 0 Å². The molecule has 0 bridgehead atoms. The number of nitrogens with one attached hydrogen (secondary N) is 1. The van der Waals surface area contributed by atoms with Gasteiger partial charge in [-0.3, -0.25) is 10.1 Å². The third kappa shape index (κ3) is 4.61. The molecule has 152 valence electrons. The van der Waals surface area contributed by atoms with Gasteiger partial charge in [-0.1, -0.05) is 32.0 Å². The Labute approximate surface area is 168 Å². The summed E-state index contributed by atoms with van der Waals surface area (Å²) in [4.78, 5) is 10.4. The molecular weight excluding hydrogens is 394 g/mol. The number of benzene rings is 2. The van der Waals surface area contributed by atoms with E-state index in [9.17, 15) is 18.5 Å². The number of nitrogens with zero attached hydrogens (tertiary/aromatic N) is 3. The maximum atomic E-state index is 11.5. The second-order valence-electron chi connectivity index (χ2n) is 6.81. The normalized spacial score (nSPS) is 11.6. The molecule has 3 aromatic rings. The summed E-state index contributed by atoms with van der Waals surface area (Å²) < 4.78 is 24.7. The predicted octanol–water partition coefficient (Wildman–Crippen LogP) is 3.16. The van der Waals surface area contributed by atoms with E-state index < -0.39 is 14.9 Å². The first-order chi connectivity index (χ1) is 13.7. The second kappa shape index (κ2) is 8.02. The number of nitrogens with two attached hydrogens (primary N) is 1. The van der Waals surface area contributed by atoms with E-state index >= 15 is 0 Å². The lowest BCUT2D eigenvalue weighted by atomic mass is 10.1. The molecule has 3 N–H and O–H groups in total. The first kappa shape index (κ1) is 20.5. The van der Waals surface area contributed by atoms with Gasteiger partial charge in [-0.2, -0.15) is 5.10 Å². The molecule has 0 radical (unpaired) electrons. The van der Waals surface area contributed by atoms with Crippen molar-refractivity contribution >= 4 is 21.4 Å². The smallest absolute Gasteiger partial charge is 0.293 e. The molecule has 29 heavy (non-hydrogen) atoms. The van der Waals surface area contributed by atoms with Crippen LogP contribution in [0.5, 0.6) is 0 Å². The summed E-state index contributed by atoms with van der Waals surface area (Å²) in [6.07, 6.45) is 1.88. The zero-order chi connectivity index (χ0) is 21.2. The number of anilines is 1. The molecule has 1 heterocycles. The number of nitro groups is 1. The minimum Gasteiger partial charge on any atom is -0.375 e. The topological polar surface area (TPSA) is 133 Å². The molecule has 0 saturated carbocycles. The van der Waals surface area contributed by atoms with E-state index in [1.807, 2.05) is 50.4 Å². The molecule has 9 nitrogen and oxygen atoms in total. The first-order valence-corrected chi connectivity index (χ1v) is 10.4. The molecule has 0 aliphatic carbocycles. The number of aromatic nitrogens is 2. The van der Waals surface area contributed by atoms with Crippen molar-refractivity contribution in [1.29, 1.82) is 0 Å². The number of para-hydroxylation sites is 1. The third-order valence-corrected chi connectivity index (χ3v) is 5.26. The quantitative estimate of drug-likeness (QED) is 0.450. The predicted molar refractivity (Wildman–Crippen MR) is 109 cm³/mol. The van der Waals surface area contributed by atoms with Crippen molar-refractivity contribution in [1.82, 2.24) is 9.78 Å². The molecule has 0 aliphatic rings. The van der Waals surface area contributed by atoms with Gasteiger partial charge in [-0.25, -0.2) is 18.2 Å². The Morgan fingerprint density at radius 2 is 1.90 bits per heavy atom. The Morgan fingerprint density at radius 3 is 2.48 bits per heavy atom. The Morgan fingerprint density at radius 1 is 1.21 bits per heavy atom. The van der Waals surface area contributed by atoms with Gasteiger partial charge in [0.25, 0.3) is 5.69 Å². The highest BCUT2D eigenvalue weighted by Gasteiger charge is 2.20. The fourth-order valence-corrected chi connectivity index (χ4v) is 3.47. The largest absolute Gasteiger partial charge is 0.375 e. The molecule has 0 aliphatic heterocycles. The number of hydrogen-bond donors (Lipinski definition) is 2. The Balaban J connectivity index is 1.92. The minimum atomic E-state index is -4.03. The van der Waals surface area contributed by atoms with Crippen LogP contribution in [0.4, 0.5) is 11.4 Å². The lowest BCUT2D eigenvalue weighted by molar-refractivity contribution is -0.384. The van der Waals surface area contributed by atoms with E-state index in [2.05, 4.69) is 10.4 Å². The SMILES string of the molecule is CC(C)c1nn(-c2ccccc2)cc1CNc1ccc(S(N)(=O)=O)cc1[N+](=O)[O-]. The lowest BCUT2D eigenvalue weighted by Crippen LogP contribution is -2.13. The molecule has 0 unspecified atom stereocenters. The fraction of sp³-hybridized carbons (Fsp3) is 0.211. The standard InChI is InChI=1S/C19H21N5O4S/c1-13(2)19-14(12-23(22-19)15-6-4-3-5-7-15)11-21-17-9-8-16(29(20,27)28)10-18(17)24(25)26/h3-10,12-13,21H,11H2,1-2H3,(H2,20,27,28). The van der Waals surface area contributed by atoms with E-state index in [-0.39, 0.29) is 28.7 Å². The van der Waals surface area contributed by atoms with E-state index in [0.717, 1.165) is 23.0 Å². The summed E-state index contributed by atoms with van der Waals surface area (Å²) in [6.45, 7) is 4.32. The van der Waals surface area contributed by atoms with Crippen molar-refractivity contribution < 1.29 is 13.3 Å². The van der Waals surface area contributed by atoms with Crippen LogP contribution < -0.4 is 10.5 Å². The Hall–Kier alpha value is -3.24. The minimum absolute atomic E-state index is 0.150. The maximum Gasteiger partial charge on any atom is 0.293 e. The average molecular weight is 415 g/mol. The van der Waals surface area contributed by atoms with Crippen molar-refractivity contribution in [2.24, 2.45) is 5.14 Å². The summed E-state index contributed by atoms with van der Waals surface area (Å²) in [5.41, 5.74) is 2.49. The summed E-state index contributed by atoms with van der Waals surface area (Å²) in [6, 6.07) is 13.2. The van der Waals surface area contributed by atoms with Gasteiger partial charge in [0.2, 0.25) is 10.0 Å². The van der Waals surface area contributed by atoms with Crippen molar-refractivity contribution in [3.05, 3.63) is 76.1 Å². The zero-order valence-corrected chi connectivity index (χ0v) is 16.8. The molecule has 0 atom stereocenters. The summed E-state index contributed by atoms with van der Waals surface area (Å²) >= 11 is 0. The maximum absolute atomic E-state index is 11.5. The number of sulfonamides is 1. The molecule has 10 heteroatoms. The zero-order valence-electron chi connectivity index (χ0n) is 15.9. The summed E-state index contributed by atoms with van der Waals surface area (Å²) in [5, 5.41) is 24.1. The molecule has 0 amide bonds. The van der Waals surface area contributed by atoms with Crippen LogP contribution in [0.15, 0.2) is 59.6 Å². The molecule has 3 rings (SSSR count). The van der Waals surface area contributed by atoms with Crippen LogP contribution in [-0.4, -0.2) is 23.1 Å². The average Bonchev–Trinajstić information content (AvgIpc) is 3.10. The van der Waals surface area contributed by atoms with Crippen LogP contribution in [0.25, 0.3) is 5.69 Å². The van der Waals surface area contributed by atoms with Crippen LogP contribution in [0, 0.1) is 10.1 Å². The number of nitro benzene ring substituents is 1. The molecule has 0 saturated heterocycles. The van der Waals surface area contributed by atoms with Crippen LogP contribution >= 0.6 is 0 Å². The highest BCUT2D eigenvalue weighted by atomic mass is 32.2. The molecule has 0 spiro atoms. The molecular formula is C19H21N5O4S. The van der Waals surface area contributed by atoms with Gasteiger partial charge in [0.1, 0.15) is 5.69 Å². The van der Waals surface area contributed by atoms with Crippen LogP contribution in [0.3, 0.4) is 0 Å². The van der Waals surface area contributed by atoms with E-state index in [1.165, 1.54) is 12.1 Å². The van der Waals surface area contributed by atoms with Crippen molar-refractivity contribution in [3.8, 4) is 5.69 Å². The van der Waals surface area contributed by atoms with Crippen LogP contribution in [0.1, 0.15) is 31.0 Å². The number of primary sulfonamides is 1. The monoisotopic (exact) mass is 415 g/mol. The van der Waals surface area contributed by atoms with Gasteiger partial charge in [-0.15, -0.1) is 0 Å². The molecule has 2 aromatic carbocycles. The lowest BCUT2D eigenvalue weighted by Gasteiger charge is -2.09. The van der Waals surface area contributed by atoms with Gasteiger partial charge in [0, 0.05) is 24.4 Å². The number of hydrogen-bond acceptors (Lipinski definition) is 6. The Kier molecular flexibility index (Phi) is 5.66. The van der Waals surface area contributed by atoms with Crippen LogP contribution in [-0.2, 0) is 16.6 Å². The van der Waals surface area contributed by atoms with Gasteiger partial charge in [-0.05, 0) is 30.2 Å². The number of rotatable bonds is 7. The summed E-state index contributed by atoms with van der Waals surface area (Å²) in [5.74, 6) is 0.150.